The third-order valence-corrected chi connectivity index (χ3v) is 2.19. The van der Waals surface area contributed by atoms with Crippen LogP contribution in [0.5, 0.6) is 0 Å². The van der Waals surface area contributed by atoms with Crippen molar-refractivity contribution in [2.24, 2.45) is 0 Å². The highest BCUT2D eigenvalue weighted by Crippen LogP contribution is 2.14. The number of aryl methyl sites for hydroxylation is 1. The van der Waals surface area contributed by atoms with Crippen LogP contribution in [0, 0.1) is 0 Å². The van der Waals surface area contributed by atoms with Crippen molar-refractivity contribution >= 4 is 16.7 Å². The Labute approximate surface area is 81.6 Å². The fourth-order valence-corrected chi connectivity index (χ4v) is 1.49. The predicted molar refractivity (Wildman–Crippen MR) is 54.2 cm³/mol. The highest BCUT2D eigenvalue weighted by atomic mass is 16.4. The minimum absolute atomic E-state index is 0.168. The van der Waals surface area contributed by atoms with Crippen molar-refractivity contribution < 1.29 is 9.90 Å². The number of carboxylic acids is 1. The fourth-order valence-electron chi connectivity index (χ4n) is 1.49. The maximum absolute atomic E-state index is 10.4. The Morgan fingerprint density at radius 3 is 2.29 bits per heavy atom. The summed E-state index contributed by atoms with van der Waals surface area (Å²) in [5, 5.41) is 10.8. The highest BCUT2D eigenvalue weighted by Gasteiger charge is 2.00. The first-order valence-electron chi connectivity index (χ1n) is 4.52. The van der Waals surface area contributed by atoms with Crippen molar-refractivity contribution in [3.8, 4) is 0 Å². The number of carbonyl (C=O) groups is 1. The van der Waals surface area contributed by atoms with Gasteiger partial charge >= 0.3 is 5.97 Å². The second kappa shape index (κ2) is 3.54. The Bertz CT molecular complexity index is 426. The van der Waals surface area contributed by atoms with E-state index in [4.69, 9.17) is 5.11 Å². The standard InChI is InChI=1S/C11H11NO2/c13-11(14)5-6-12-7-9-3-1-2-4-10(9)8-12/h1-4,7-8H,5-6H2,(H,13,14). The van der Waals surface area contributed by atoms with Crippen molar-refractivity contribution in [3.05, 3.63) is 36.7 Å². The van der Waals surface area contributed by atoms with E-state index in [9.17, 15) is 4.79 Å². The zero-order valence-corrected chi connectivity index (χ0v) is 7.68. The molecule has 0 aliphatic heterocycles. The molecule has 0 amide bonds. The maximum atomic E-state index is 10.4. The molecule has 0 fully saturated rings. The molecule has 14 heavy (non-hydrogen) atoms. The van der Waals surface area contributed by atoms with E-state index in [1.165, 1.54) is 0 Å². The molecular formula is C11H11NO2. The number of benzene rings is 1. The zero-order valence-electron chi connectivity index (χ0n) is 7.68. The quantitative estimate of drug-likeness (QED) is 0.803. The Morgan fingerprint density at radius 1 is 1.21 bits per heavy atom. The summed E-state index contributed by atoms with van der Waals surface area (Å²) in [6, 6.07) is 7.99. The first-order chi connectivity index (χ1) is 6.75. The number of hydrogen-bond donors (Lipinski definition) is 1. The van der Waals surface area contributed by atoms with Gasteiger partial charge in [0.2, 0.25) is 0 Å². The number of rotatable bonds is 3. The summed E-state index contributed by atoms with van der Waals surface area (Å²) < 4.78 is 1.92. The molecule has 1 aromatic carbocycles. The molecule has 0 aliphatic rings. The molecule has 3 heteroatoms. The van der Waals surface area contributed by atoms with Gasteiger partial charge in [-0.2, -0.15) is 0 Å². The third kappa shape index (κ3) is 1.76. The molecule has 0 saturated carbocycles. The molecule has 1 N–H and O–H groups in total. The maximum Gasteiger partial charge on any atom is 0.305 e. The number of nitrogens with zero attached hydrogens (tertiary/aromatic N) is 1. The van der Waals surface area contributed by atoms with E-state index in [1.807, 2.05) is 41.2 Å². The molecule has 0 saturated heterocycles. The summed E-state index contributed by atoms with van der Waals surface area (Å²) in [6.07, 6.45) is 4.11. The van der Waals surface area contributed by atoms with E-state index in [0.717, 1.165) is 10.8 Å². The smallest absolute Gasteiger partial charge is 0.305 e. The third-order valence-electron chi connectivity index (χ3n) is 2.19. The lowest BCUT2D eigenvalue weighted by Gasteiger charge is -1.97. The second-order valence-corrected chi connectivity index (χ2v) is 3.27. The topological polar surface area (TPSA) is 42.2 Å². The lowest BCUT2D eigenvalue weighted by molar-refractivity contribution is -0.137. The minimum Gasteiger partial charge on any atom is -0.481 e. The second-order valence-electron chi connectivity index (χ2n) is 3.27. The van der Waals surface area contributed by atoms with Gasteiger partial charge in [0.25, 0.3) is 0 Å². The average molecular weight is 189 g/mol. The van der Waals surface area contributed by atoms with Crippen LogP contribution in [-0.4, -0.2) is 15.6 Å². The molecule has 72 valence electrons. The lowest BCUT2D eigenvalue weighted by atomic mass is 10.2. The van der Waals surface area contributed by atoms with Crippen LogP contribution in [0.25, 0.3) is 10.8 Å². The Morgan fingerprint density at radius 2 is 1.79 bits per heavy atom. The van der Waals surface area contributed by atoms with Gasteiger partial charge in [0.1, 0.15) is 0 Å². The molecule has 1 aromatic heterocycles. The zero-order chi connectivity index (χ0) is 9.97. The van der Waals surface area contributed by atoms with Crippen molar-refractivity contribution in [3.63, 3.8) is 0 Å². The van der Waals surface area contributed by atoms with Gasteiger partial charge in [-0.25, -0.2) is 0 Å². The van der Waals surface area contributed by atoms with Crippen molar-refractivity contribution in [2.75, 3.05) is 0 Å². The molecule has 0 atom stereocenters. The lowest BCUT2D eigenvalue weighted by Crippen LogP contribution is -2.01. The van der Waals surface area contributed by atoms with Gasteiger partial charge in [-0.15, -0.1) is 0 Å². The largest absolute Gasteiger partial charge is 0.481 e. The molecule has 0 bridgehead atoms. The summed E-state index contributed by atoms with van der Waals surface area (Å²) in [5.41, 5.74) is 0. The van der Waals surface area contributed by atoms with E-state index in [2.05, 4.69) is 0 Å². The van der Waals surface area contributed by atoms with Crippen molar-refractivity contribution in [1.82, 2.24) is 4.57 Å². The summed E-state index contributed by atoms with van der Waals surface area (Å²) in [6.45, 7) is 0.532. The Balaban J connectivity index is 2.22. The van der Waals surface area contributed by atoms with E-state index in [1.54, 1.807) is 0 Å². The Hall–Kier alpha value is -1.77. The number of carboxylic acid groups (broad SMARTS) is 1. The molecule has 1 heterocycles. The summed E-state index contributed by atoms with van der Waals surface area (Å²) in [5.74, 6) is -0.761. The van der Waals surface area contributed by atoms with Gasteiger partial charge in [0, 0.05) is 18.9 Å². The van der Waals surface area contributed by atoms with E-state index in [-0.39, 0.29) is 6.42 Å². The first-order valence-corrected chi connectivity index (χ1v) is 4.52. The van der Waals surface area contributed by atoms with Crippen LogP contribution in [-0.2, 0) is 11.3 Å². The van der Waals surface area contributed by atoms with Gasteiger partial charge in [0.15, 0.2) is 0 Å². The van der Waals surface area contributed by atoms with E-state index >= 15 is 0 Å². The molecule has 2 rings (SSSR count). The molecular weight excluding hydrogens is 178 g/mol. The SMILES string of the molecule is O=C(O)CCn1cc2ccccc2c1. The molecule has 0 radical (unpaired) electrons. The van der Waals surface area contributed by atoms with Crippen molar-refractivity contribution in [1.29, 1.82) is 0 Å². The van der Waals surface area contributed by atoms with Gasteiger partial charge in [-0.1, -0.05) is 24.3 Å². The van der Waals surface area contributed by atoms with Crippen LogP contribution in [0.3, 0.4) is 0 Å². The molecule has 3 nitrogen and oxygen atoms in total. The van der Waals surface area contributed by atoms with Gasteiger partial charge in [0.05, 0.1) is 6.42 Å². The predicted octanol–water partition coefficient (Wildman–Crippen LogP) is 2.12. The molecule has 2 aromatic rings. The van der Waals surface area contributed by atoms with Crippen LogP contribution >= 0.6 is 0 Å². The summed E-state index contributed by atoms with van der Waals surface area (Å²) in [7, 11) is 0. The first kappa shape index (κ1) is 8.81. The molecule has 0 aliphatic carbocycles. The van der Waals surface area contributed by atoms with Gasteiger partial charge in [-0.3, -0.25) is 4.79 Å². The van der Waals surface area contributed by atoms with Crippen LogP contribution in [0.15, 0.2) is 36.7 Å². The minimum atomic E-state index is -0.761. The summed E-state index contributed by atoms with van der Waals surface area (Å²) in [4.78, 5) is 10.4. The molecule has 0 unspecified atom stereocenters. The number of aliphatic carboxylic acids is 1. The highest BCUT2D eigenvalue weighted by molar-refractivity contribution is 5.82. The normalized spacial score (nSPS) is 10.6. The van der Waals surface area contributed by atoms with Crippen LogP contribution < -0.4 is 0 Å². The molecule has 0 spiro atoms. The van der Waals surface area contributed by atoms with E-state index < -0.39 is 5.97 Å². The van der Waals surface area contributed by atoms with Gasteiger partial charge in [-0.05, 0) is 10.8 Å². The monoisotopic (exact) mass is 189 g/mol. The van der Waals surface area contributed by atoms with Crippen LogP contribution in [0.2, 0.25) is 0 Å². The van der Waals surface area contributed by atoms with Crippen molar-refractivity contribution in [2.45, 2.75) is 13.0 Å². The average Bonchev–Trinajstić information content (AvgIpc) is 2.57. The van der Waals surface area contributed by atoms with E-state index in [0.29, 0.717) is 6.54 Å². The fraction of sp³-hybridized carbons (Fsp3) is 0.182. The number of hydrogen-bond acceptors (Lipinski definition) is 1. The summed E-state index contributed by atoms with van der Waals surface area (Å²) >= 11 is 0. The number of fused-ring (bicyclic) bond motifs is 1. The Kier molecular flexibility index (Phi) is 2.23. The van der Waals surface area contributed by atoms with Gasteiger partial charge < -0.3 is 9.67 Å². The van der Waals surface area contributed by atoms with Crippen LogP contribution in [0.1, 0.15) is 6.42 Å². The van der Waals surface area contributed by atoms with Crippen LogP contribution in [0.4, 0.5) is 0 Å². The number of aromatic nitrogens is 1.